The van der Waals surface area contributed by atoms with Crippen molar-refractivity contribution in [3.8, 4) is 0 Å². The van der Waals surface area contributed by atoms with E-state index in [1.165, 1.54) is 17.4 Å². The van der Waals surface area contributed by atoms with E-state index in [2.05, 4.69) is 10.2 Å². The van der Waals surface area contributed by atoms with Gasteiger partial charge in [-0.05, 0) is 19.3 Å². The first-order chi connectivity index (χ1) is 5.77. The van der Waals surface area contributed by atoms with Crippen LogP contribution in [0.3, 0.4) is 0 Å². The molecule has 12 heavy (non-hydrogen) atoms. The summed E-state index contributed by atoms with van der Waals surface area (Å²) in [4.78, 5) is 11.9. The Kier molecular flexibility index (Phi) is 1.56. The van der Waals surface area contributed by atoms with Gasteiger partial charge in [-0.25, -0.2) is 4.79 Å². The van der Waals surface area contributed by atoms with E-state index in [1.54, 1.807) is 0 Å². The minimum Gasteiger partial charge on any atom is -0.476 e. The van der Waals surface area contributed by atoms with Gasteiger partial charge in [0.25, 0.3) is 0 Å². The van der Waals surface area contributed by atoms with E-state index in [0.29, 0.717) is 6.04 Å². The number of aromatic carboxylic acids is 1. The third-order valence-electron chi connectivity index (χ3n) is 2.13. The number of aromatic nitrogens is 3. The highest BCUT2D eigenvalue weighted by atomic mass is 16.4. The topological polar surface area (TPSA) is 68.0 Å². The summed E-state index contributed by atoms with van der Waals surface area (Å²) in [5.41, 5.74) is 0.0295. The monoisotopic (exact) mass is 167 g/mol. The third kappa shape index (κ3) is 1.07. The molecule has 0 atom stereocenters. The van der Waals surface area contributed by atoms with Crippen LogP contribution in [0.15, 0.2) is 6.20 Å². The highest BCUT2D eigenvalue weighted by Crippen LogP contribution is 2.29. The first-order valence-electron chi connectivity index (χ1n) is 3.92. The molecule has 0 aromatic carbocycles. The van der Waals surface area contributed by atoms with E-state index in [0.717, 1.165) is 12.8 Å². The lowest BCUT2D eigenvalue weighted by atomic mass is 9.94. The van der Waals surface area contributed by atoms with Gasteiger partial charge in [0.05, 0.1) is 12.2 Å². The van der Waals surface area contributed by atoms with Crippen LogP contribution in [0.25, 0.3) is 0 Å². The molecule has 1 heterocycles. The molecule has 2 rings (SSSR count). The second-order valence-corrected chi connectivity index (χ2v) is 2.94. The number of carboxylic acid groups (broad SMARTS) is 1. The Morgan fingerprint density at radius 1 is 1.67 bits per heavy atom. The lowest BCUT2D eigenvalue weighted by Crippen LogP contribution is -2.19. The number of rotatable bonds is 2. The molecule has 5 nitrogen and oxygen atoms in total. The van der Waals surface area contributed by atoms with Gasteiger partial charge in [-0.15, -0.1) is 5.10 Å². The standard InChI is InChI=1S/C7H9N3O2/c11-7(12)6-4-8-10(9-6)5-2-1-3-5/h4-5H,1-3H2,(H,11,12). The maximum absolute atomic E-state index is 10.4. The van der Waals surface area contributed by atoms with Crippen LogP contribution in [-0.2, 0) is 0 Å². The smallest absolute Gasteiger partial charge is 0.358 e. The zero-order chi connectivity index (χ0) is 8.55. The lowest BCUT2D eigenvalue weighted by molar-refractivity contribution is 0.0688. The van der Waals surface area contributed by atoms with Crippen molar-refractivity contribution in [1.29, 1.82) is 0 Å². The van der Waals surface area contributed by atoms with E-state index >= 15 is 0 Å². The Bertz CT molecular complexity index is 303. The van der Waals surface area contributed by atoms with Gasteiger partial charge in [-0.1, -0.05) is 0 Å². The second-order valence-electron chi connectivity index (χ2n) is 2.94. The molecule has 5 heteroatoms. The van der Waals surface area contributed by atoms with Crippen molar-refractivity contribution in [3.05, 3.63) is 11.9 Å². The molecular formula is C7H9N3O2. The van der Waals surface area contributed by atoms with Crippen molar-refractivity contribution in [2.45, 2.75) is 25.3 Å². The lowest BCUT2D eigenvalue weighted by Gasteiger charge is -2.23. The summed E-state index contributed by atoms with van der Waals surface area (Å²) in [7, 11) is 0. The summed E-state index contributed by atoms with van der Waals surface area (Å²) in [6, 6.07) is 0.332. The van der Waals surface area contributed by atoms with Crippen molar-refractivity contribution in [1.82, 2.24) is 15.0 Å². The van der Waals surface area contributed by atoms with Crippen LogP contribution < -0.4 is 0 Å². The van der Waals surface area contributed by atoms with Gasteiger partial charge < -0.3 is 5.11 Å². The Labute approximate surface area is 69.0 Å². The predicted molar refractivity (Wildman–Crippen MR) is 39.9 cm³/mol. The molecule has 0 saturated heterocycles. The van der Waals surface area contributed by atoms with Gasteiger partial charge in [0, 0.05) is 0 Å². The largest absolute Gasteiger partial charge is 0.476 e. The van der Waals surface area contributed by atoms with Gasteiger partial charge in [0.15, 0.2) is 5.69 Å². The molecule has 1 aromatic heterocycles. The Hall–Kier alpha value is -1.39. The molecule has 1 fully saturated rings. The molecule has 1 N–H and O–H groups in total. The molecular weight excluding hydrogens is 158 g/mol. The molecule has 1 aliphatic rings. The molecule has 1 aliphatic carbocycles. The van der Waals surface area contributed by atoms with Gasteiger partial charge in [-0.2, -0.15) is 9.90 Å². The fraction of sp³-hybridized carbons (Fsp3) is 0.571. The average molecular weight is 167 g/mol. The van der Waals surface area contributed by atoms with Crippen molar-refractivity contribution in [2.24, 2.45) is 0 Å². The Morgan fingerprint density at radius 2 is 2.42 bits per heavy atom. The Morgan fingerprint density at radius 3 is 2.83 bits per heavy atom. The molecule has 0 spiro atoms. The number of hydrogen-bond donors (Lipinski definition) is 1. The molecule has 0 radical (unpaired) electrons. The number of carbonyl (C=O) groups is 1. The van der Waals surface area contributed by atoms with Crippen molar-refractivity contribution in [3.63, 3.8) is 0 Å². The van der Waals surface area contributed by atoms with Crippen LogP contribution in [0.2, 0.25) is 0 Å². The Balaban J connectivity index is 2.17. The minimum atomic E-state index is -1.01. The van der Waals surface area contributed by atoms with Crippen LogP contribution in [0, 0.1) is 0 Å². The molecule has 64 valence electrons. The van der Waals surface area contributed by atoms with Crippen molar-refractivity contribution >= 4 is 5.97 Å². The molecule has 1 saturated carbocycles. The maximum Gasteiger partial charge on any atom is 0.358 e. The number of carboxylic acids is 1. The molecule has 0 amide bonds. The van der Waals surface area contributed by atoms with E-state index in [1.807, 2.05) is 0 Å². The summed E-state index contributed by atoms with van der Waals surface area (Å²) in [6.07, 6.45) is 4.61. The first kappa shape index (κ1) is 7.27. The van der Waals surface area contributed by atoms with E-state index < -0.39 is 5.97 Å². The molecule has 0 bridgehead atoms. The summed E-state index contributed by atoms with van der Waals surface area (Å²) >= 11 is 0. The van der Waals surface area contributed by atoms with Crippen LogP contribution >= 0.6 is 0 Å². The van der Waals surface area contributed by atoms with Gasteiger partial charge in [0.1, 0.15) is 0 Å². The van der Waals surface area contributed by atoms with Gasteiger partial charge in [-0.3, -0.25) is 0 Å². The summed E-state index contributed by atoms with van der Waals surface area (Å²) in [5.74, 6) is -1.01. The van der Waals surface area contributed by atoms with Crippen molar-refractivity contribution < 1.29 is 9.90 Å². The SMILES string of the molecule is O=C(O)c1cnn(C2CCC2)n1. The summed E-state index contributed by atoms with van der Waals surface area (Å²) in [5, 5.41) is 16.3. The maximum atomic E-state index is 10.4. The van der Waals surface area contributed by atoms with E-state index in [9.17, 15) is 4.79 Å². The summed E-state index contributed by atoms with van der Waals surface area (Å²) < 4.78 is 0. The normalized spacial score (nSPS) is 17.3. The first-order valence-corrected chi connectivity index (χ1v) is 3.92. The van der Waals surface area contributed by atoms with Crippen LogP contribution in [-0.4, -0.2) is 26.1 Å². The number of hydrogen-bond acceptors (Lipinski definition) is 3. The van der Waals surface area contributed by atoms with Crippen LogP contribution in [0.5, 0.6) is 0 Å². The second kappa shape index (κ2) is 2.58. The van der Waals surface area contributed by atoms with Gasteiger partial charge in [0.2, 0.25) is 0 Å². The van der Waals surface area contributed by atoms with Crippen LogP contribution in [0.1, 0.15) is 35.8 Å². The predicted octanol–water partition coefficient (Wildman–Crippen LogP) is 0.701. The van der Waals surface area contributed by atoms with E-state index in [4.69, 9.17) is 5.11 Å². The fourth-order valence-corrected chi connectivity index (χ4v) is 1.17. The summed E-state index contributed by atoms with van der Waals surface area (Å²) in [6.45, 7) is 0. The zero-order valence-electron chi connectivity index (χ0n) is 6.47. The van der Waals surface area contributed by atoms with E-state index in [-0.39, 0.29) is 5.69 Å². The molecule has 0 aliphatic heterocycles. The molecule has 0 unspecified atom stereocenters. The van der Waals surface area contributed by atoms with Crippen LogP contribution in [0.4, 0.5) is 0 Å². The minimum absolute atomic E-state index is 0.0295. The third-order valence-corrected chi connectivity index (χ3v) is 2.13. The number of nitrogens with zero attached hydrogens (tertiary/aromatic N) is 3. The highest BCUT2D eigenvalue weighted by Gasteiger charge is 2.22. The van der Waals surface area contributed by atoms with Gasteiger partial charge >= 0.3 is 5.97 Å². The fourth-order valence-electron chi connectivity index (χ4n) is 1.17. The average Bonchev–Trinajstić information content (AvgIpc) is 2.32. The van der Waals surface area contributed by atoms with Crippen molar-refractivity contribution in [2.75, 3.05) is 0 Å². The zero-order valence-corrected chi connectivity index (χ0v) is 6.47. The highest BCUT2D eigenvalue weighted by molar-refractivity contribution is 5.84. The molecule has 1 aromatic rings. The quantitative estimate of drug-likeness (QED) is 0.704.